The van der Waals surface area contributed by atoms with Crippen LogP contribution in [0, 0.1) is 6.92 Å². The van der Waals surface area contributed by atoms with Gasteiger partial charge in [-0.15, -0.1) is 0 Å². The predicted molar refractivity (Wildman–Crippen MR) is 57.4 cm³/mol. The number of anilines is 1. The van der Waals surface area contributed by atoms with Crippen LogP contribution in [0.2, 0.25) is 0 Å². The molecule has 1 unspecified atom stereocenters. The van der Waals surface area contributed by atoms with E-state index >= 15 is 0 Å². The molecule has 3 N–H and O–H groups in total. The Morgan fingerprint density at radius 2 is 2.14 bits per heavy atom. The first-order valence-electron chi connectivity index (χ1n) is 4.80. The van der Waals surface area contributed by atoms with Crippen LogP contribution < -0.4 is 10.5 Å². The SMILES string of the molecule is CCC(O)COc1cc(C)cc(N)c1. The third-order valence-electron chi connectivity index (χ3n) is 1.99. The quantitative estimate of drug-likeness (QED) is 0.719. The van der Waals surface area contributed by atoms with Gasteiger partial charge in [0.25, 0.3) is 0 Å². The van der Waals surface area contributed by atoms with Gasteiger partial charge in [-0.1, -0.05) is 6.92 Å². The summed E-state index contributed by atoms with van der Waals surface area (Å²) in [5.41, 5.74) is 7.40. The second-order valence-corrected chi connectivity index (χ2v) is 3.45. The Morgan fingerprint density at radius 3 is 2.71 bits per heavy atom. The normalized spacial score (nSPS) is 12.5. The highest BCUT2D eigenvalue weighted by Crippen LogP contribution is 2.18. The fourth-order valence-corrected chi connectivity index (χ4v) is 1.17. The molecule has 0 radical (unpaired) electrons. The summed E-state index contributed by atoms with van der Waals surface area (Å²) in [6.45, 7) is 4.19. The minimum absolute atomic E-state index is 0.319. The third-order valence-corrected chi connectivity index (χ3v) is 1.99. The molecule has 0 aromatic heterocycles. The van der Waals surface area contributed by atoms with Crippen LogP contribution in [-0.4, -0.2) is 17.8 Å². The zero-order chi connectivity index (χ0) is 10.6. The van der Waals surface area contributed by atoms with E-state index < -0.39 is 6.10 Å². The Morgan fingerprint density at radius 1 is 1.43 bits per heavy atom. The Bertz CT molecular complexity index is 279. The van der Waals surface area contributed by atoms with Crippen molar-refractivity contribution in [2.45, 2.75) is 26.4 Å². The number of hydrogen-bond acceptors (Lipinski definition) is 3. The maximum absolute atomic E-state index is 9.30. The van der Waals surface area contributed by atoms with Crippen molar-refractivity contribution in [2.24, 2.45) is 0 Å². The molecule has 3 nitrogen and oxygen atoms in total. The molecule has 0 saturated heterocycles. The monoisotopic (exact) mass is 195 g/mol. The first kappa shape index (κ1) is 10.9. The number of nitrogens with two attached hydrogens (primary N) is 1. The number of aryl methyl sites for hydroxylation is 1. The zero-order valence-corrected chi connectivity index (χ0v) is 8.66. The topological polar surface area (TPSA) is 55.5 Å². The van der Waals surface area contributed by atoms with Gasteiger partial charge in [-0.3, -0.25) is 0 Å². The maximum Gasteiger partial charge on any atom is 0.121 e. The molecule has 0 saturated carbocycles. The first-order chi connectivity index (χ1) is 6.61. The van der Waals surface area contributed by atoms with Gasteiger partial charge in [0.05, 0.1) is 6.10 Å². The van der Waals surface area contributed by atoms with Gasteiger partial charge in [0, 0.05) is 11.8 Å². The van der Waals surface area contributed by atoms with Crippen LogP contribution in [0.1, 0.15) is 18.9 Å². The van der Waals surface area contributed by atoms with Gasteiger partial charge in [0.15, 0.2) is 0 Å². The average molecular weight is 195 g/mol. The predicted octanol–water partition coefficient (Wildman–Crippen LogP) is 1.73. The van der Waals surface area contributed by atoms with Gasteiger partial charge in [-0.2, -0.15) is 0 Å². The van der Waals surface area contributed by atoms with Gasteiger partial charge in [-0.25, -0.2) is 0 Å². The smallest absolute Gasteiger partial charge is 0.121 e. The number of ether oxygens (including phenoxy) is 1. The summed E-state index contributed by atoms with van der Waals surface area (Å²) >= 11 is 0. The lowest BCUT2D eigenvalue weighted by atomic mass is 10.2. The van der Waals surface area contributed by atoms with E-state index in [9.17, 15) is 5.11 Å². The fraction of sp³-hybridized carbons (Fsp3) is 0.455. The lowest BCUT2D eigenvalue weighted by molar-refractivity contribution is 0.104. The Kier molecular flexibility index (Phi) is 3.77. The van der Waals surface area contributed by atoms with Crippen molar-refractivity contribution < 1.29 is 9.84 Å². The standard InChI is InChI=1S/C11H17NO2/c1-3-10(13)7-14-11-5-8(2)4-9(12)6-11/h4-6,10,13H,3,7,12H2,1-2H3. The lowest BCUT2D eigenvalue weighted by Crippen LogP contribution is -2.16. The minimum atomic E-state index is -0.406. The molecule has 0 spiro atoms. The average Bonchev–Trinajstić information content (AvgIpc) is 2.12. The molecule has 3 heteroatoms. The molecule has 0 bridgehead atoms. The van der Waals surface area contributed by atoms with E-state index in [1.54, 1.807) is 6.07 Å². The van der Waals surface area contributed by atoms with Gasteiger partial charge < -0.3 is 15.6 Å². The summed E-state index contributed by atoms with van der Waals surface area (Å²) in [6, 6.07) is 5.54. The second kappa shape index (κ2) is 4.86. The molecule has 0 fully saturated rings. The summed E-state index contributed by atoms with van der Waals surface area (Å²) < 4.78 is 5.39. The van der Waals surface area contributed by atoms with Crippen LogP contribution in [0.15, 0.2) is 18.2 Å². The number of benzene rings is 1. The number of hydrogen-bond donors (Lipinski definition) is 2. The largest absolute Gasteiger partial charge is 0.491 e. The fourth-order valence-electron chi connectivity index (χ4n) is 1.17. The molecule has 0 aliphatic heterocycles. The highest BCUT2D eigenvalue weighted by molar-refractivity contribution is 5.47. The molecule has 0 heterocycles. The van der Waals surface area contributed by atoms with Gasteiger partial charge in [0.2, 0.25) is 0 Å². The van der Waals surface area contributed by atoms with E-state index in [1.165, 1.54) is 0 Å². The summed E-state index contributed by atoms with van der Waals surface area (Å²) in [5.74, 6) is 0.718. The molecule has 1 rings (SSSR count). The van der Waals surface area contributed by atoms with Crippen molar-refractivity contribution in [2.75, 3.05) is 12.3 Å². The maximum atomic E-state index is 9.30. The van der Waals surface area contributed by atoms with Crippen LogP contribution >= 0.6 is 0 Å². The molecule has 78 valence electrons. The highest BCUT2D eigenvalue weighted by atomic mass is 16.5. The Balaban J connectivity index is 2.58. The molecule has 1 aromatic carbocycles. The van der Waals surface area contributed by atoms with Crippen LogP contribution in [-0.2, 0) is 0 Å². The van der Waals surface area contributed by atoms with Crippen molar-refractivity contribution in [1.82, 2.24) is 0 Å². The first-order valence-corrected chi connectivity index (χ1v) is 4.80. The Labute approximate surface area is 84.5 Å². The van der Waals surface area contributed by atoms with E-state index in [0.717, 1.165) is 11.3 Å². The molecule has 0 amide bonds. The molecule has 0 aliphatic carbocycles. The number of aliphatic hydroxyl groups is 1. The summed E-state index contributed by atoms with van der Waals surface area (Å²) in [5, 5.41) is 9.30. The van der Waals surface area contributed by atoms with Crippen LogP contribution in [0.4, 0.5) is 5.69 Å². The van der Waals surface area contributed by atoms with Crippen molar-refractivity contribution in [1.29, 1.82) is 0 Å². The van der Waals surface area contributed by atoms with Crippen LogP contribution in [0.3, 0.4) is 0 Å². The van der Waals surface area contributed by atoms with E-state index in [-0.39, 0.29) is 0 Å². The van der Waals surface area contributed by atoms with Gasteiger partial charge in [0.1, 0.15) is 12.4 Å². The minimum Gasteiger partial charge on any atom is -0.491 e. The van der Waals surface area contributed by atoms with Gasteiger partial charge >= 0.3 is 0 Å². The summed E-state index contributed by atoms with van der Waals surface area (Å²) in [7, 11) is 0. The highest BCUT2D eigenvalue weighted by Gasteiger charge is 2.02. The van der Waals surface area contributed by atoms with E-state index in [2.05, 4.69) is 0 Å². The molecular formula is C11H17NO2. The van der Waals surface area contributed by atoms with E-state index in [1.807, 2.05) is 26.0 Å². The second-order valence-electron chi connectivity index (χ2n) is 3.45. The third kappa shape index (κ3) is 3.26. The molecule has 0 aliphatic rings. The van der Waals surface area contributed by atoms with Crippen molar-refractivity contribution in [3.05, 3.63) is 23.8 Å². The van der Waals surface area contributed by atoms with E-state index in [4.69, 9.17) is 10.5 Å². The lowest BCUT2D eigenvalue weighted by Gasteiger charge is -2.11. The van der Waals surface area contributed by atoms with Crippen molar-refractivity contribution in [3.8, 4) is 5.75 Å². The molecule has 14 heavy (non-hydrogen) atoms. The molecular weight excluding hydrogens is 178 g/mol. The molecule has 1 atom stereocenters. The number of aliphatic hydroxyl groups excluding tert-OH is 1. The number of rotatable bonds is 4. The van der Waals surface area contributed by atoms with Gasteiger partial charge in [-0.05, 0) is 31.0 Å². The number of nitrogen functional groups attached to an aromatic ring is 1. The van der Waals surface area contributed by atoms with Crippen LogP contribution in [0.25, 0.3) is 0 Å². The Hall–Kier alpha value is -1.22. The van der Waals surface area contributed by atoms with Crippen molar-refractivity contribution >= 4 is 5.69 Å². The van der Waals surface area contributed by atoms with E-state index in [0.29, 0.717) is 18.7 Å². The molecule has 1 aromatic rings. The summed E-state index contributed by atoms with van der Waals surface area (Å²) in [6.07, 6.45) is 0.290. The van der Waals surface area contributed by atoms with Crippen LogP contribution in [0.5, 0.6) is 5.75 Å². The summed E-state index contributed by atoms with van der Waals surface area (Å²) in [4.78, 5) is 0. The van der Waals surface area contributed by atoms with Crippen molar-refractivity contribution in [3.63, 3.8) is 0 Å². The zero-order valence-electron chi connectivity index (χ0n) is 8.66.